The third-order valence-corrected chi connectivity index (χ3v) is 2.01. The molecule has 2 rings (SSSR count). The van der Waals surface area contributed by atoms with E-state index in [1.165, 1.54) is 0 Å². The molecule has 0 saturated carbocycles. The predicted octanol–water partition coefficient (Wildman–Crippen LogP) is 1.02. The topological polar surface area (TPSA) is 62.9 Å². The monoisotopic (exact) mass is 211 g/mol. The van der Waals surface area contributed by atoms with Crippen LogP contribution in [-0.2, 0) is 4.74 Å². The summed E-state index contributed by atoms with van der Waals surface area (Å²) in [6.45, 7) is 1.18. The fourth-order valence-electron chi connectivity index (χ4n) is 1.34. The maximum absolute atomic E-state index is 5.69. The van der Waals surface area contributed by atoms with Crippen LogP contribution in [0.1, 0.15) is 0 Å². The van der Waals surface area contributed by atoms with Crippen molar-refractivity contribution in [1.29, 1.82) is 0 Å². The van der Waals surface area contributed by atoms with Gasteiger partial charge in [-0.05, 0) is 0 Å². The summed E-state index contributed by atoms with van der Waals surface area (Å²) in [4.78, 5) is 0. The van der Waals surface area contributed by atoms with Crippen molar-refractivity contribution in [2.45, 2.75) is 0 Å². The van der Waals surface area contributed by atoms with E-state index < -0.39 is 0 Å². The molecule has 0 aliphatic carbocycles. The summed E-state index contributed by atoms with van der Waals surface area (Å²) < 4.78 is 20.8. The molecule has 5 nitrogen and oxygen atoms in total. The molecule has 0 amide bonds. The molecule has 0 radical (unpaired) electrons. The number of hydrogen-bond donors (Lipinski definition) is 1. The molecule has 2 N–H and O–H groups in total. The standard InChI is InChI=1S/C10H13NO4/c1-12-2-3-13-8-4-7(11)5-9-10(8)15-6-14-9/h4-5H,2-3,6,11H2,1H3. The molecule has 0 spiro atoms. The van der Waals surface area contributed by atoms with Gasteiger partial charge in [-0.3, -0.25) is 0 Å². The highest BCUT2D eigenvalue weighted by Gasteiger charge is 2.19. The number of nitrogens with two attached hydrogens (primary N) is 1. The van der Waals surface area contributed by atoms with E-state index in [2.05, 4.69) is 0 Å². The molecule has 1 aliphatic heterocycles. The number of fused-ring (bicyclic) bond motifs is 1. The van der Waals surface area contributed by atoms with E-state index >= 15 is 0 Å². The van der Waals surface area contributed by atoms with Crippen molar-refractivity contribution in [2.24, 2.45) is 0 Å². The van der Waals surface area contributed by atoms with Crippen molar-refractivity contribution in [1.82, 2.24) is 0 Å². The van der Waals surface area contributed by atoms with Crippen LogP contribution in [0.4, 0.5) is 5.69 Å². The molecular formula is C10H13NO4. The van der Waals surface area contributed by atoms with Crippen LogP contribution in [0.15, 0.2) is 12.1 Å². The second-order valence-corrected chi connectivity index (χ2v) is 3.09. The average Bonchev–Trinajstić information content (AvgIpc) is 2.65. The Labute approximate surface area is 87.7 Å². The van der Waals surface area contributed by atoms with Gasteiger partial charge in [-0.1, -0.05) is 0 Å². The van der Waals surface area contributed by atoms with Crippen LogP contribution in [-0.4, -0.2) is 27.1 Å². The van der Waals surface area contributed by atoms with Gasteiger partial charge in [0, 0.05) is 24.9 Å². The Bertz CT molecular complexity index is 354. The average molecular weight is 211 g/mol. The van der Waals surface area contributed by atoms with Crippen LogP contribution < -0.4 is 19.9 Å². The lowest BCUT2D eigenvalue weighted by Crippen LogP contribution is -2.05. The van der Waals surface area contributed by atoms with E-state index in [1.807, 2.05) is 0 Å². The molecule has 0 unspecified atom stereocenters. The molecule has 1 aliphatic rings. The van der Waals surface area contributed by atoms with Gasteiger partial charge in [0.05, 0.1) is 6.61 Å². The van der Waals surface area contributed by atoms with E-state index in [-0.39, 0.29) is 6.79 Å². The van der Waals surface area contributed by atoms with Crippen LogP contribution in [0.5, 0.6) is 17.2 Å². The Morgan fingerprint density at radius 2 is 2.20 bits per heavy atom. The Morgan fingerprint density at radius 1 is 1.33 bits per heavy atom. The second-order valence-electron chi connectivity index (χ2n) is 3.09. The van der Waals surface area contributed by atoms with Gasteiger partial charge in [-0.15, -0.1) is 0 Å². The first kappa shape index (κ1) is 9.92. The largest absolute Gasteiger partial charge is 0.487 e. The lowest BCUT2D eigenvalue weighted by atomic mass is 10.2. The summed E-state index contributed by atoms with van der Waals surface area (Å²) in [5.41, 5.74) is 6.28. The third kappa shape index (κ3) is 2.07. The van der Waals surface area contributed by atoms with Crippen LogP contribution >= 0.6 is 0 Å². The summed E-state index contributed by atoms with van der Waals surface area (Å²) >= 11 is 0. The van der Waals surface area contributed by atoms with Crippen LogP contribution in [0.25, 0.3) is 0 Å². The maximum atomic E-state index is 5.69. The minimum Gasteiger partial charge on any atom is -0.487 e. The van der Waals surface area contributed by atoms with Gasteiger partial charge in [-0.2, -0.15) is 0 Å². The molecule has 1 aromatic rings. The quantitative estimate of drug-likeness (QED) is 0.595. The fourth-order valence-corrected chi connectivity index (χ4v) is 1.34. The number of hydrogen-bond acceptors (Lipinski definition) is 5. The van der Waals surface area contributed by atoms with E-state index in [4.69, 9.17) is 24.7 Å². The first-order chi connectivity index (χ1) is 7.31. The van der Waals surface area contributed by atoms with Crippen molar-refractivity contribution in [3.05, 3.63) is 12.1 Å². The van der Waals surface area contributed by atoms with Gasteiger partial charge in [0.2, 0.25) is 12.5 Å². The van der Waals surface area contributed by atoms with Gasteiger partial charge in [0.25, 0.3) is 0 Å². The molecule has 0 aromatic heterocycles. The van der Waals surface area contributed by atoms with Gasteiger partial charge in [0.15, 0.2) is 11.5 Å². The summed E-state index contributed by atoms with van der Waals surface area (Å²) in [5.74, 6) is 1.84. The lowest BCUT2D eigenvalue weighted by molar-refractivity contribution is 0.140. The van der Waals surface area contributed by atoms with Gasteiger partial charge in [-0.25, -0.2) is 0 Å². The Morgan fingerprint density at radius 3 is 3.00 bits per heavy atom. The number of benzene rings is 1. The maximum Gasteiger partial charge on any atom is 0.231 e. The van der Waals surface area contributed by atoms with Crippen molar-refractivity contribution in [3.63, 3.8) is 0 Å². The SMILES string of the molecule is COCCOc1cc(N)cc2c1OCO2. The molecule has 15 heavy (non-hydrogen) atoms. The van der Waals surface area contributed by atoms with E-state index in [0.29, 0.717) is 36.1 Å². The number of anilines is 1. The second kappa shape index (κ2) is 4.27. The minimum atomic E-state index is 0.208. The van der Waals surface area contributed by atoms with Gasteiger partial charge < -0.3 is 24.7 Å². The van der Waals surface area contributed by atoms with Crippen molar-refractivity contribution in [3.8, 4) is 17.2 Å². The minimum absolute atomic E-state index is 0.208. The van der Waals surface area contributed by atoms with E-state index in [1.54, 1.807) is 19.2 Å². The first-order valence-electron chi connectivity index (χ1n) is 4.62. The molecule has 0 atom stereocenters. The Balaban J connectivity index is 2.15. The first-order valence-corrected chi connectivity index (χ1v) is 4.62. The highest BCUT2D eigenvalue weighted by Crippen LogP contribution is 2.42. The summed E-state index contributed by atoms with van der Waals surface area (Å²) in [7, 11) is 1.62. The number of ether oxygens (including phenoxy) is 4. The van der Waals surface area contributed by atoms with Crippen molar-refractivity contribution < 1.29 is 18.9 Å². The number of methoxy groups -OCH3 is 1. The van der Waals surface area contributed by atoms with Gasteiger partial charge in [0.1, 0.15) is 6.61 Å². The summed E-state index contributed by atoms with van der Waals surface area (Å²) in [6, 6.07) is 3.43. The predicted molar refractivity (Wildman–Crippen MR) is 54.3 cm³/mol. The molecule has 1 aromatic carbocycles. The number of nitrogen functional groups attached to an aromatic ring is 1. The van der Waals surface area contributed by atoms with Crippen molar-refractivity contribution >= 4 is 5.69 Å². The molecule has 0 bridgehead atoms. The van der Waals surface area contributed by atoms with Crippen LogP contribution in [0.2, 0.25) is 0 Å². The zero-order valence-corrected chi connectivity index (χ0v) is 8.49. The smallest absolute Gasteiger partial charge is 0.231 e. The zero-order chi connectivity index (χ0) is 10.7. The fraction of sp³-hybridized carbons (Fsp3) is 0.400. The van der Waals surface area contributed by atoms with Crippen molar-refractivity contribution in [2.75, 3.05) is 32.9 Å². The summed E-state index contributed by atoms with van der Waals surface area (Å²) in [6.07, 6.45) is 0. The molecule has 1 heterocycles. The zero-order valence-electron chi connectivity index (χ0n) is 8.49. The Hall–Kier alpha value is -1.62. The van der Waals surface area contributed by atoms with Crippen LogP contribution in [0, 0.1) is 0 Å². The highest BCUT2D eigenvalue weighted by molar-refractivity contribution is 5.61. The molecule has 5 heteroatoms. The number of rotatable bonds is 4. The molecule has 0 saturated heterocycles. The van der Waals surface area contributed by atoms with E-state index in [9.17, 15) is 0 Å². The Kier molecular flexibility index (Phi) is 2.82. The molecule has 82 valence electrons. The molecular weight excluding hydrogens is 198 g/mol. The molecule has 0 fully saturated rings. The summed E-state index contributed by atoms with van der Waals surface area (Å²) in [5, 5.41) is 0. The van der Waals surface area contributed by atoms with Gasteiger partial charge >= 0.3 is 0 Å². The van der Waals surface area contributed by atoms with Crippen LogP contribution in [0.3, 0.4) is 0 Å². The normalized spacial score (nSPS) is 12.9. The lowest BCUT2D eigenvalue weighted by Gasteiger charge is -2.08. The van der Waals surface area contributed by atoms with E-state index in [0.717, 1.165) is 0 Å². The third-order valence-electron chi connectivity index (χ3n) is 2.01. The highest BCUT2D eigenvalue weighted by atomic mass is 16.7.